The van der Waals surface area contributed by atoms with Crippen LogP contribution >= 0.6 is 11.6 Å². The maximum atomic E-state index is 11.8. The highest BCUT2D eigenvalue weighted by Gasteiger charge is 2.45. The number of carbonyl (C=O) groups is 2. The van der Waals surface area contributed by atoms with Gasteiger partial charge in [-0.15, -0.1) is 11.6 Å². The minimum Gasteiger partial charge on any atom is -0.323 e. The van der Waals surface area contributed by atoms with E-state index in [0.717, 1.165) is 0 Å². The van der Waals surface area contributed by atoms with Gasteiger partial charge in [-0.1, -0.05) is 6.92 Å². The molecule has 0 bridgehead atoms. The summed E-state index contributed by atoms with van der Waals surface area (Å²) in [5.41, 5.74) is -0.719. The number of rotatable bonds is 4. The average Bonchev–Trinajstić information content (AvgIpc) is 2.37. The van der Waals surface area contributed by atoms with Gasteiger partial charge in [0.05, 0.1) is 0 Å². The molecule has 5 heteroatoms. The lowest BCUT2D eigenvalue weighted by Crippen LogP contribution is -2.43. The van der Waals surface area contributed by atoms with Crippen LogP contribution in [-0.2, 0) is 4.79 Å². The van der Waals surface area contributed by atoms with E-state index in [1.54, 1.807) is 6.92 Å². The van der Waals surface area contributed by atoms with Crippen molar-refractivity contribution in [2.75, 3.05) is 12.4 Å². The maximum absolute atomic E-state index is 11.8. The lowest BCUT2D eigenvalue weighted by molar-refractivity contribution is -0.130. The third-order valence-electron chi connectivity index (χ3n) is 2.57. The first-order chi connectivity index (χ1) is 6.55. The van der Waals surface area contributed by atoms with Crippen molar-refractivity contribution < 1.29 is 9.59 Å². The van der Waals surface area contributed by atoms with Crippen molar-refractivity contribution in [1.29, 1.82) is 0 Å². The zero-order valence-electron chi connectivity index (χ0n) is 8.47. The Morgan fingerprint density at radius 2 is 2.14 bits per heavy atom. The second-order valence-corrected chi connectivity index (χ2v) is 3.99. The molecule has 0 radical (unpaired) electrons. The second kappa shape index (κ2) is 4.17. The smallest absolute Gasteiger partial charge is 0.323 e. The van der Waals surface area contributed by atoms with Crippen LogP contribution < -0.4 is 5.32 Å². The number of halogens is 1. The van der Waals surface area contributed by atoms with Crippen LogP contribution in [0.1, 0.15) is 26.7 Å². The molecule has 1 fully saturated rings. The van der Waals surface area contributed by atoms with Gasteiger partial charge >= 0.3 is 6.03 Å². The molecule has 14 heavy (non-hydrogen) atoms. The summed E-state index contributed by atoms with van der Waals surface area (Å²) in [4.78, 5) is 24.4. The molecule has 1 saturated heterocycles. The fraction of sp³-hybridized carbons (Fsp3) is 0.778. The number of nitrogens with one attached hydrogen (secondary N) is 1. The maximum Gasteiger partial charge on any atom is 0.325 e. The van der Waals surface area contributed by atoms with E-state index in [1.165, 1.54) is 4.90 Å². The van der Waals surface area contributed by atoms with Crippen LogP contribution in [0.15, 0.2) is 0 Å². The predicted molar refractivity (Wildman–Crippen MR) is 54.3 cm³/mol. The van der Waals surface area contributed by atoms with Crippen LogP contribution in [0.3, 0.4) is 0 Å². The fourth-order valence-electron chi connectivity index (χ4n) is 1.41. The molecule has 0 aromatic rings. The van der Waals surface area contributed by atoms with Gasteiger partial charge in [-0.25, -0.2) is 4.79 Å². The molecule has 0 aliphatic carbocycles. The van der Waals surface area contributed by atoms with Gasteiger partial charge in [0.1, 0.15) is 5.54 Å². The first-order valence-electron chi connectivity index (χ1n) is 4.75. The molecular formula is C9H15ClN2O2. The third kappa shape index (κ3) is 1.85. The van der Waals surface area contributed by atoms with Crippen LogP contribution in [0.4, 0.5) is 4.79 Å². The Morgan fingerprint density at radius 3 is 2.57 bits per heavy atom. The minimum atomic E-state index is -0.719. The van der Waals surface area contributed by atoms with Crippen molar-refractivity contribution in [1.82, 2.24) is 10.2 Å². The van der Waals surface area contributed by atoms with Crippen molar-refractivity contribution in [3.8, 4) is 0 Å². The number of imide groups is 1. The van der Waals surface area contributed by atoms with Crippen LogP contribution in [-0.4, -0.2) is 34.8 Å². The molecule has 0 spiro atoms. The molecule has 1 atom stereocenters. The number of carbonyl (C=O) groups excluding carboxylic acids is 2. The van der Waals surface area contributed by atoms with E-state index >= 15 is 0 Å². The summed E-state index contributed by atoms with van der Waals surface area (Å²) in [5.74, 6) is 0.315. The Morgan fingerprint density at radius 1 is 1.50 bits per heavy atom. The second-order valence-electron chi connectivity index (χ2n) is 3.62. The van der Waals surface area contributed by atoms with Crippen molar-refractivity contribution in [2.24, 2.45) is 0 Å². The van der Waals surface area contributed by atoms with Gasteiger partial charge in [0.15, 0.2) is 0 Å². The number of hydrogen-bond acceptors (Lipinski definition) is 2. The van der Waals surface area contributed by atoms with Crippen molar-refractivity contribution in [3.63, 3.8) is 0 Å². The number of nitrogens with zero attached hydrogens (tertiary/aromatic N) is 1. The van der Waals surface area contributed by atoms with Gasteiger partial charge in [0.2, 0.25) is 0 Å². The standard InChI is InChI=1S/C9H15ClN2O2/c1-3-9(2)7(13)12(6-4-5-10)8(14)11-9/h3-6H2,1-2H3,(H,11,14)/t9-/m0/s1. The quantitative estimate of drug-likeness (QED) is 0.572. The first-order valence-corrected chi connectivity index (χ1v) is 5.28. The summed E-state index contributed by atoms with van der Waals surface area (Å²) in [6.45, 7) is 4.03. The summed E-state index contributed by atoms with van der Waals surface area (Å²) < 4.78 is 0. The van der Waals surface area contributed by atoms with E-state index in [9.17, 15) is 9.59 Å². The molecule has 3 amide bonds. The van der Waals surface area contributed by atoms with Gasteiger partial charge in [-0.3, -0.25) is 9.69 Å². The molecule has 80 valence electrons. The molecule has 0 unspecified atom stereocenters. The normalized spacial score (nSPS) is 26.9. The lowest BCUT2D eigenvalue weighted by Gasteiger charge is -2.18. The fourth-order valence-corrected chi connectivity index (χ4v) is 1.53. The van der Waals surface area contributed by atoms with Crippen LogP contribution in [0.5, 0.6) is 0 Å². The summed E-state index contributed by atoms with van der Waals surface area (Å²) >= 11 is 5.51. The van der Waals surface area contributed by atoms with E-state index in [1.807, 2.05) is 6.92 Å². The van der Waals surface area contributed by atoms with Crippen LogP contribution in [0.25, 0.3) is 0 Å². The number of alkyl halides is 1. The highest BCUT2D eigenvalue weighted by Crippen LogP contribution is 2.20. The van der Waals surface area contributed by atoms with Gasteiger partial charge in [0, 0.05) is 12.4 Å². The zero-order chi connectivity index (χ0) is 10.8. The SMILES string of the molecule is CC[C@]1(C)NC(=O)N(CCCCl)C1=O. The largest absolute Gasteiger partial charge is 0.325 e. The Labute approximate surface area is 88.6 Å². The summed E-state index contributed by atoms with van der Waals surface area (Å²) in [7, 11) is 0. The topological polar surface area (TPSA) is 49.4 Å². The zero-order valence-corrected chi connectivity index (χ0v) is 9.23. The molecule has 1 heterocycles. The van der Waals surface area contributed by atoms with Crippen LogP contribution in [0, 0.1) is 0 Å². The number of amides is 3. The Balaban J connectivity index is 2.70. The van der Waals surface area contributed by atoms with E-state index < -0.39 is 5.54 Å². The summed E-state index contributed by atoms with van der Waals surface area (Å²) in [6, 6.07) is -0.301. The molecule has 1 aliphatic heterocycles. The third-order valence-corrected chi connectivity index (χ3v) is 2.83. The van der Waals surface area contributed by atoms with Crippen molar-refractivity contribution >= 4 is 23.5 Å². The summed E-state index contributed by atoms with van der Waals surface area (Å²) in [6.07, 6.45) is 1.25. The van der Waals surface area contributed by atoms with Gasteiger partial charge in [0.25, 0.3) is 5.91 Å². The van der Waals surface area contributed by atoms with E-state index in [4.69, 9.17) is 11.6 Å². The minimum absolute atomic E-state index is 0.143. The average molecular weight is 219 g/mol. The van der Waals surface area contributed by atoms with Gasteiger partial charge < -0.3 is 5.32 Å². The van der Waals surface area contributed by atoms with Crippen LogP contribution in [0.2, 0.25) is 0 Å². The van der Waals surface area contributed by atoms with E-state index in [2.05, 4.69) is 5.32 Å². The first kappa shape index (κ1) is 11.3. The molecular weight excluding hydrogens is 204 g/mol. The Kier molecular flexibility index (Phi) is 3.37. The predicted octanol–water partition coefficient (Wildman–Crippen LogP) is 1.34. The van der Waals surface area contributed by atoms with Crippen molar-refractivity contribution in [3.05, 3.63) is 0 Å². The molecule has 1 aliphatic rings. The molecule has 1 rings (SSSR count). The molecule has 0 aromatic carbocycles. The van der Waals surface area contributed by atoms with E-state index in [0.29, 0.717) is 25.3 Å². The highest BCUT2D eigenvalue weighted by molar-refractivity contribution is 6.17. The van der Waals surface area contributed by atoms with Gasteiger partial charge in [-0.05, 0) is 19.8 Å². The Hall–Kier alpha value is -0.770. The lowest BCUT2D eigenvalue weighted by atomic mass is 9.99. The van der Waals surface area contributed by atoms with Gasteiger partial charge in [-0.2, -0.15) is 0 Å². The van der Waals surface area contributed by atoms with E-state index in [-0.39, 0.29) is 11.9 Å². The molecule has 0 aromatic heterocycles. The molecule has 1 N–H and O–H groups in total. The van der Waals surface area contributed by atoms with Crippen molar-refractivity contribution in [2.45, 2.75) is 32.2 Å². The highest BCUT2D eigenvalue weighted by atomic mass is 35.5. The molecule has 4 nitrogen and oxygen atoms in total. The monoisotopic (exact) mass is 218 g/mol. The summed E-state index contributed by atoms with van der Waals surface area (Å²) in [5, 5.41) is 2.68. The number of urea groups is 1. The molecule has 0 saturated carbocycles. The Bertz CT molecular complexity index is 257. The number of hydrogen-bond donors (Lipinski definition) is 1.